The van der Waals surface area contributed by atoms with E-state index in [1.807, 2.05) is 24.3 Å². The zero-order valence-corrected chi connectivity index (χ0v) is 14.0. The third-order valence-electron chi connectivity index (χ3n) is 3.57. The Labute approximate surface area is 146 Å². The molecule has 0 radical (unpaired) electrons. The molecule has 0 spiro atoms. The van der Waals surface area contributed by atoms with Gasteiger partial charge in [-0.1, -0.05) is 18.2 Å². The van der Waals surface area contributed by atoms with E-state index in [0.717, 1.165) is 11.5 Å². The second kappa shape index (κ2) is 9.32. The number of benzene rings is 2. The Kier molecular flexibility index (Phi) is 6.83. The number of carbonyl (C=O) groups is 2. The molecule has 2 aromatic carbocycles. The van der Waals surface area contributed by atoms with Crippen molar-refractivity contribution in [3.63, 3.8) is 0 Å². The summed E-state index contributed by atoms with van der Waals surface area (Å²) >= 11 is 0. The molecule has 6 nitrogen and oxygen atoms in total. The summed E-state index contributed by atoms with van der Waals surface area (Å²) in [5, 5.41) is 11.9. The van der Waals surface area contributed by atoms with E-state index in [9.17, 15) is 9.59 Å². The first kappa shape index (κ1) is 18.3. The Bertz CT molecular complexity index is 712. The van der Waals surface area contributed by atoms with Gasteiger partial charge in [0.1, 0.15) is 11.5 Å². The van der Waals surface area contributed by atoms with Gasteiger partial charge in [0, 0.05) is 6.54 Å². The van der Waals surface area contributed by atoms with Gasteiger partial charge >= 0.3 is 5.97 Å². The van der Waals surface area contributed by atoms with E-state index in [1.54, 1.807) is 25.3 Å². The van der Waals surface area contributed by atoms with Crippen molar-refractivity contribution in [2.24, 2.45) is 0 Å². The highest BCUT2D eigenvalue weighted by Crippen LogP contribution is 2.17. The van der Waals surface area contributed by atoms with Crippen LogP contribution in [0.25, 0.3) is 0 Å². The SMILES string of the molecule is COc1ccc(OCCCNC(=O)Cc2ccccc2C(=O)O)cc1. The molecule has 0 unspecified atom stereocenters. The van der Waals surface area contributed by atoms with E-state index in [4.69, 9.17) is 14.6 Å². The summed E-state index contributed by atoms with van der Waals surface area (Å²) in [6.45, 7) is 0.933. The smallest absolute Gasteiger partial charge is 0.335 e. The van der Waals surface area contributed by atoms with Crippen molar-refractivity contribution in [3.05, 3.63) is 59.7 Å². The fourth-order valence-corrected chi connectivity index (χ4v) is 2.28. The van der Waals surface area contributed by atoms with E-state index in [1.165, 1.54) is 6.07 Å². The second-order valence-corrected chi connectivity index (χ2v) is 5.37. The van der Waals surface area contributed by atoms with Crippen LogP contribution in [0.3, 0.4) is 0 Å². The van der Waals surface area contributed by atoms with Crippen LogP contribution >= 0.6 is 0 Å². The Hall–Kier alpha value is -3.02. The van der Waals surface area contributed by atoms with Crippen LogP contribution in [0.15, 0.2) is 48.5 Å². The molecule has 0 heterocycles. The Morgan fingerprint density at radius 1 is 1.04 bits per heavy atom. The molecule has 0 aliphatic heterocycles. The molecule has 0 aromatic heterocycles. The molecule has 0 aliphatic rings. The largest absolute Gasteiger partial charge is 0.497 e. The molecular formula is C19H21NO5. The lowest BCUT2D eigenvalue weighted by atomic mass is 10.0. The number of hydrogen-bond donors (Lipinski definition) is 2. The van der Waals surface area contributed by atoms with Crippen LogP contribution in [-0.2, 0) is 11.2 Å². The summed E-state index contributed by atoms with van der Waals surface area (Å²) in [5.41, 5.74) is 0.655. The van der Waals surface area contributed by atoms with Crippen LogP contribution in [-0.4, -0.2) is 37.2 Å². The third-order valence-corrected chi connectivity index (χ3v) is 3.57. The van der Waals surface area contributed by atoms with Gasteiger partial charge in [-0.15, -0.1) is 0 Å². The van der Waals surface area contributed by atoms with Gasteiger partial charge in [-0.3, -0.25) is 4.79 Å². The third kappa shape index (κ3) is 5.84. The number of aromatic carboxylic acids is 1. The van der Waals surface area contributed by atoms with Crippen molar-refractivity contribution >= 4 is 11.9 Å². The topological polar surface area (TPSA) is 84.9 Å². The molecule has 25 heavy (non-hydrogen) atoms. The Morgan fingerprint density at radius 3 is 2.40 bits per heavy atom. The Balaban J connectivity index is 1.69. The molecule has 2 N–H and O–H groups in total. The van der Waals surface area contributed by atoms with E-state index < -0.39 is 5.97 Å². The van der Waals surface area contributed by atoms with Gasteiger partial charge in [-0.05, 0) is 42.3 Å². The van der Waals surface area contributed by atoms with Crippen LogP contribution < -0.4 is 14.8 Å². The lowest BCUT2D eigenvalue weighted by Gasteiger charge is -2.09. The number of carboxylic acid groups (broad SMARTS) is 1. The van der Waals surface area contributed by atoms with Crippen LogP contribution in [0.2, 0.25) is 0 Å². The maximum Gasteiger partial charge on any atom is 0.335 e. The quantitative estimate of drug-likeness (QED) is 0.684. The van der Waals surface area contributed by atoms with Gasteiger partial charge in [0.2, 0.25) is 5.91 Å². The molecule has 0 bridgehead atoms. The van der Waals surface area contributed by atoms with E-state index >= 15 is 0 Å². The average molecular weight is 343 g/mol. The van der Waals surface area contributed by atoms with Gasteiger partial charge in [-0.2, -0.15) is 0 Å². The van der Waals surface area contributed by atoms with Crippen molar-refractivity contribution < 1.29 is 24.2 Å². The summed E-state index contributed by atoms with van der Waals surface area (Å²) in [4.78, 5) is 23.1. The summed E-state index contributed by atoms with van der Waals surface area (Å²) < 4.78 is 10.6. The maximum atomic E-state index is 11.9. The van der Waals surface area contributed by atoms with Gasteiger partial charge in [0.15, 0.2) is 0 Å². The summed E-state index contributed by atoms with van der Waals surface area (Å²) in [6, 6.07) is 13.8. The lowest BCUT2D eigenvalue weighted by molar-refractivity contribution is -0.120. The Morgan fingerprint density at radius 2 is 1.72 bits per heavy atom. The number of carboxylic acids is 1. The number of nitrogens with one attached hydrogen (secondary N) is 1. The lowest BCUT2D eigenvalue weighted by Crippen LogP contribution is -2.27. The van der Waals surface area contributed by atoms with Crippen molar-refractivity contribution in [2.75, 3.05) is 20.3 Å². The highest BCUT2D eigenvalue weighted by molar-refractivity contribution is 5.91. The molecule has 6 heteroatoms. The monoisotopic (exact) mass is 343 g/mol. The number of amides is 1. The normalized spacial score (nSPS) is 10.1. The highest BCUT2D eigenvalue weighted by Gasteiger charge is 2.12. The van der Waals surface area contributed by atoms with E-state index in [0.29, 0.717) is 25.1 Å². The minimum absolute atomic E-state index is 0.0435. The molecular weight excluding hydrogens is 322 g/mol. The molecule has 0 saturated heterocycles. The van der Waals surface area contributed by atoms with Crippen molar-refractivity contribution in [2.45, 2.75) is 12.8 Å². The van der Waals surface area contributed by atoms with Crippen molar-refractivity contribution in [3.8, 4) is 11.5 Å². The molecule has 0 aliphatic carbocycles. The van der Waals surface area contributed by atoms with Crippen LogP contribution in [0.5, 0.6) is 11.5 Å². The summed E-state index contributed by atoms with van der Waals surface area (Å²) in [6.07, 6.45) is 0.695. The van der Waals surface area contributed by atoms with Crippen LogP contribution in [0.4, 0.5) is 0 Å². The maximum absolute atomic E-state index is 11.9. The van der Waals surface area contributed by atoms with Crippen molar-refractivity contribution in [1.82, 2.24) is 5.32 Å². The molecule has 1 amide bonds. The van der Waals surface area contributed by atoms with E-state index in [-0.39, 0.29) is 17.9 Å². The highest BCUT2D eigenvalue weighted by atomic mass is 16.5. The minimum Gasteiger partial charge on any atom is -0.497 e. The molecule has 2 rings (SSSR count). The molecule has 0 fully saturated rings. The molecule has 0 atom stereocenters. The molecule has 0 saturated carbocycles. The average Bonchev–Trinajstić information content (AvgIpc) is 2.62. The predicted molar refractivity (Wildman–Crippen MR) is 93.2 cm³/mol. The first-order chi connectivity index (χ1) is 12.1. The summed E-state index contributed by atoms with van der Waals surface area (Å²) in [5.74, 6) is 0.262. The van der Waals surface area contributed by atoms with Gasteiger partial charge in [0.05, 0.1) is 25.7 Å². The van der Waals surface area contributed by atoms with E-state index in [2.05, 4.69) is 5.32 Å². The van der Waals surface area contributed by atoms with Crippen molar-refractivity contribution in [1.29, 1.82) is 0 Å². The fraction of sp³-hybridized carbons (Fsp3) is 0.263. The predicted octanol–water partition coefficient (Wildman–Crippen LogP) is 2.52. The van der Waals surface area contributed by atoms with Gasteiger partial charge < -0.3 is 19.9 Å². The zero-order chi connectivity index (χ0) is 18.1. The number of ether oxygens (including phenoxy) is 2. The first-order valence-electron chi connectivity index (χ1n) is 7.95. The second-order valence-electron chi connectivity index (χ2n) is 5.37. The number of rotatable bonds is 9. The number of methoxy groups -OCH3 is 1. The van der Waals surface area contributed by atoms with Gasteiger partial charge in [-0.25, -0.2) is 4.79 Å². The minimum atomic E-state index is -1.03. The molecule has 2 aromatic rings. The zero-order valence-electron chi connectivity index (χ0n) is 14.0. The summed E-state index contributed by atoms with van der Waals surface area (Å²) in [7, 11) is 1.60. The standard InChI is InChI=1S/C19H21NO5/c1-24-15-7-9-16(10-8-15)25-12-4-11-20-18(21)13-14-5-2-3-6-17(14)19(22)23/h2-3,5-10H,4,11-13H2,1H3,(H,20,21)(H,22,23). The number of hydrogen-bond acceptors (Lipinski definition) is 4. The fourth-order valence-electron chi connectivity index (χ4n) is 2.28. The van der Waals surface area contributed by atoms with Crippen LogP contribution in [0, 0.1) is 0 Å². The molecule has 132 valence electrons. The number of carbonyl (C=O) groups excluding carboxylic acids is 1. The van der Waals surface area contributed by atoms with Crippen LogP contribution in [0.1, 0.15) is 22.3 Å². The van der Waals surface area contributed by atoms with Gasteiger partial charge in [0.25, 0.3) is 0 Å². The first-order valence-corrected chi connectivity index (χ1v) is 7.95.